The molecule has 2 aliphatic rings. The normalized spacial score (nSPS) is 18.5. The highest BCUT2D eigenvalue weighted by molar-refractivity contribution is 5.91. The van der Waals surface area contributed by atoms with Crippen LogP contribution in [0.1, 0.15) is 36.3 Å². The van der Waals surface area contributed by atoms with Crippen molar-refractivity contribution in [1.29, 1.82) is 5.26 Å². The lowest BCUT2D eigenvalue weighted by molar-refractivity contribution is -0.115. The summed E-state index contributed by atoms with van der Waals surface area (Å²) in [5.74, 6) is 1.52. The van der Waals surface area contributed by atoms with Crippen molar-refractivity contribution in [2.45, 2.75) is 25.2 Å². The summed E-state index contributed by atoms with van der Waals surface area (Å²) in [6.07, 6.45) is 3.70. The zero-order chi connectivity index (χ0) is 19.5. The smallest absolute Gasteiger partial charge is 0.212 e. The van der Waals surface area contributed by atoms with Crippen LogP contribution in [-0.2, 0) is 4.79 Å². The van der Waals surface area contributed by atoms with E-state index in [1.807, 2.05) is 48.5 Å². The molecule has 5 nitrogen and oxygen atoms in total. The van der Waals surface area contributed by atoms with Crippen LogP contribution < -0.4 is 14.8 Å². The van der Waals surface area contributed by atoms with Crippen LogP contribution in [0.25, 0.3) is 0 Å². The number of rotatable bonds is 4. The number of methoxy groups -OCH3 is 1. The van der Waals surface area contributed by atoms with Gasteiger partial charge in [-0.25, -0.2) is 0 Å². The van der Waals surface area contributed by atoms with Gasteiger partial charge in [0.25, 0.3) is 0 Å². The Morgan fingerprint density at radius 3 is 2.71 bits per heavy atom. The van der Waals surface area contributed by atoms with E-state index in [2.05, 4.69) is 11.4 Å². The molecule has 4 rings (SSSR count). The van der Waals surface area contributed by atoms with E-state index in [1.54, 1.807) is 13.2 Å². The molecule has 1 unspecified atom stereocenters. The monoisotopic (exact) mass is 372 g/mol. The number of carbonyl (C=O) groups excluding carboxylic acids is 1. The van der Waals surface area contributed by atoms with Gasteiger partial charge in [0.15, 0.2) is 5.78 Å². The van der Waals surface area contributed by atoms with Crippen molar-refractivity contribution in [2.24, 2.45) is 0 Å². The van der Waals surface area contributed by atoms with Crippen LogP contribution in [0.2, 0.25) is 0 Å². The highest BCUT2D eigenvalue weighted by Gasteiger charge is 2.32. The number of ketones is 1. The first-order valence-corrected chi connectivity index (χ1v) is 9.25. The molecule has 0 saturated carbocycles. The molecule has 0 fully saturated rings. The third kappa shape index (κ3) is 3.37. The van der Waals surface area contributed by atoms with Gasteiger partial charge in [-0.15, -0.1) is 0 Å². The van der Waals surface area contributed by atoms with E-state index in [0.29, 0.717) is 29.4 Å². The Bertz CT molecular complexity index is 1020. The van der Waals surface area contributed by atoms with Crippen LogP contribution in [0.3, 0.4) is 0 Å². The summed E-state index contributed by atoms with van der Waals surface area (Å²) < 4.78 is 11.4. The fraction of sp³-hybridized carbons (Fsp3) is 0.217. The van der Waals surface area contributed by atoms with Crippen LogP contribution in [0, 0.1) is 11.3 Å². The highest BCUT2D eigenvalue weighted by Crippen LogP contribution is 2.44. The number of benzene rings is 2. The number of carbonyl (C=O) groups is 1. The van der Waals surface area contributed by atoms with Crippen LogP contribution in [-0.4, -0.2) is 12.9 Å². The average Bonchev–Trinajstić information content (AvgIpc) is 2.73. The number of ether oxygens (including phenoxy) is 2. The van der Waals surface area contributed by atoms with Gasteiger partial charge in [0.05, 0.1) is 13.0 Å². The van der Waals surface area contributed by atoms with Crippen molar-refractivity contribution in [1.82, 2.24) is 5.32 Å². The maximum Gasteiger partial charge on any atom is 0.212 e. The summed E-state index contributed by atoms with van der Waals surface area (Å²) in [7, 11) is 1.60. The fourth-order valence-electron chi connectivity index (χ4n) is 3.66. The van der Waals surface area contributed by atoms with Crippen molar-refractivity contribution in [3.05, 3.63) is 82.9 Å². The summed E-state index contributed by atoms with van der Waals surface area (Å²) in [5, 5.41) is 13.2. The molecule has 0 spiro atoms. The number of fused-ring (bicyclic) bond motifs is 1. The third-order valence-corrected chi connectivity index (χ3v) is 5.01. The van der Waals surface area contributed by atoms with Crippen molar-refractivity contribution in [3.63, 3.8) is 0 Å². The molecular weight excluding hydrogens is 352 g/mol. The number of nitrogens with zero attached hydrogens (tertiary/aromatic N) is 1. The van der Waals surface area contributed by atoms with Crippen molar-refractivity contribution in [2.75, 3.05) is 7.11 Å². The van der Waals surface area contributed by atoms with E-state index in [4.69, 9.17) is 9.47 Å². The molecule has 1 aliphatic heterocycles. The lowest BCUT2D eigenvalue weighted by atomic mass is 9.83. The number of allylic oxidation sites excluding steroid dienone is 3. The Morgan fingerprint density at radius 1 is 1.18 bits per heavy atom. The molecule has 0 aromatic heterocycles. The molecule has 0 saturated heterocycles. The maximum atomic E-state index is 11.8. The number of nitrogens with one attached hydrogen (secondary N) is 1. The van der Waals surface area contributed by atoms with Gasteiger partial charge >= 0.3 is 0 Å². The largest absolute Gasteiger partial charge is 0.497 e. The number of hydrogen-bond acceptors (Lipinski definition) is 5. The van der Waals surface area contributed by atoms with E-state index in [1.165, 1.54) is 0 Å². The highest BCUT2D eigenvalue weighted by atomic mass is 16.5. The zero-order valence-corrected chi connectivity index (χ0v) is 15.6. The van der Waals surface area contributed by atoms with E-state index < -0.39 is 0 Å². The first kappa shape index (κ1) is 17.9. The fourth-order valence-corrected chi connectivity index (χ4v) is 3.66. The second kappa shape index (κ2) is 7.61. The summed E-state index contributed by atoms with van der Waals surface area (Å²) in [6, 6.07) is 17.8. The quantitative estimate of drug-likeness (QED) is 0.872. The Labute approximate surface area is 163 Å². The van der Waals surface area contributed by atoms with Crippen molar-refractivity contribution in [3.8, 4) is 17.6 Å². The van der Waals surface area contributed by atoms with Gasteiger partial charge in [0, 0.05) is 29.8 Å². The topological polar surface area (TPSA) is 71.3 Å². The Balaban J connectivity index is 1.82. The van der Waals surface area contributed by atoms with Crippen molar-refractivity contribution < 1.29 is 14.3 Å². The van der Waals surface area contributed by atoms with Gasteiger partial charge in [-0.05, 0) is 24.5 Å². The van der Waals surface area contributed by atoms with Crippen LogP contribution in [0.4, 0.5) is 0 Å². The predicted molar refractivity (Wildman–Crippen MR) is 105 cm³/mol. The average molecular weight is 372 g/mol. The second-order valence-corrected chi connectivity index (χ2v) is 6.82. The first-order valence-electron chi connectivity index (χ1n) is 9.25. The summed E-state index contributed by atoms with van der Waals surface area (Å²) in [6.45, 7) is 0. The van der Waals surface area contributed by atoms with Crippen LogP contribution in [0.5, 0.6) is 11.5 Å². The van der Waals surface area contributed by atoms with Gasteiger partial charge in [0.1, 0.15) is 23.1 Å². The second-order valence-electron chi connectivity index (χ2n) is 6.82. The molecule has 140 valence electrons. The SMILES string of the molecule is COc1ccc2c(c1)OC(NC1=CC(=O)CCC1)=C(C#N)C2c1ccccc1. The first-order chi connectivity index (χ1) is 13.7. The molecule has 0 amide bonds. The predicted octanol–water partition coefficient (Wildman–Crippen LogP) is 4.18. The lowest BCUT2D eigenvalue weighted by Gasteiger charge is -2.29. The minimum absolute atomic E-state index is 0.0883. The minimum atomic E-state index is -0.261. The Hall–Kier alpha value is -3.52. The number of nitriles is 1. The van der Waals surface area contributed by atoms with Gasteiger partial charge in [-0.2, -0.15) is 5.26 Å². The Morgan fingerprint density at radius 2 is 2.00 bits per heavy atom. The molecule has 2 aromatic carbocycles. The molecule has 0 radical (unpaired) electrons. The molecule has 28 heavy (non-hydrogen) atoms. The van der Waals surface area contributed by atoms with Crippen LogP contribution in [0.15, 0.2) is 71.8 Å². The molecule has 1 heterocycles. The summed E-state index contributed by atoms with van der Waals surface area (Å²) in [4.78, 5) is 11.8. The summed E-state index contributed by atoms with van der Waals surface area (Å²) in [5.41, 5.74) is 3.17. The standard InChI is InChI=1S/C23H20N2O3/c1-27-18-10-11-19-21(13-18)28-23(25-16-8-5-9-17(26)12-16)20(14-24)22(19)15-6-3-2-4-7-15/h2-4,6-7,10-13,22,25H,5,8-9H2,1H3. The third-order valence-electron chi connectivity index (χ3n) is 5.01. The minimum Gasteiger partial charge on any atom is -0.497 e. The van der Waals surface area contributed by atoms with Gasteiger partial charge in [0.2, 0.25) is 5.88 Å². The molecule has 1 atom stereocenters. The van der Waals surface area contributed by atoms with E-state index in [0.717, 1.165) is 29.7 Å². The van der Waals surface area contributed by atoms with Crippen molar-refractivity contribution >= 4 is 5.78 Å². The van der Waals surface area contributed by atoms with Gasteiger partial charge in [-0.3, -0.25) is 4.79 Å². The molecule has 1 N–H and O–H groups in total. The van der Waals surface area contributed by atoms with E-state index >= 15 is 0 Å². The zero-order valence-electron chi connectivity index (χ0n) is 15.6. The summed E-state index contributed by atoms with van der Waals surface area (Å²) >= 11 is 0. The molecule has 0 bridgehead atoms. The molecular formula is C23H20N2O3. The molecule has 2 aromatic rings. The maximum absolute atomic E-state index is 11.8. The Kier molecular flexibility index (Phi) is 4.86. The number of hydrogen-bond donors (Lipinski definition) is 1. The van der Waals surface area contributed by atoms with E-state index in [9.17, 15) is 10.1 Å². The lowest BCUT2D eigenvalue weighted by Crippen LogP contribution is -2.27. The van der Waals surface area contributed by atoms with Gasteiger partial charge in [-0.1, -0.05) is 36.4 Å². The van der Waals surface area contributed by atoms with Gasteiger partial charge < -0.3 is 14.8 Å². The van der Waals surface area contributed by atoms with Crippen LogP contribution >= 0.6 is 0 Å². The molecule has 1 aliphatic carbocycles. The van der Waals surface area contributed by atoms with E-state index in [-0.39, 0.29) is 11.7 Å². The molecule has 5 heteroatoms.